The normalized spacial score (nSPS) is 28.3. The van der Waals surface area contributed by atoms with Gasteiger partial charge in [-0.05, 0) is 17.7 Å². The van der Waals surface area contributed by atoms with Crippen LogP contribution in [-0.2, 0) is 10.6 Å². The second-order valence-electron chi connectivity index (χ2n) is 6.76. The van der Waals surface area contributed by atoms with Gasteiger partial charge in [-0.3, -0.25) is 9.36 Å². The second-order valence-corrected chi connectivity index (χ2v) is 6.76. The summed E-state index contributed by atoms with van der Waals surface area (Å²) in [5.74, 6) is -4.77. The van der Waals surface area contributed by atoms with E-state index in [1.165, 1.54) is 12.1 Å². The van der Waals surface area contributed by atoms with Crippen molar-refractivity contribution in [3.8, 4) is 11.5 Å². The zero-order valence-electron chi connectivity index (χ0n) is 15.4. The number of phenolic OH excluding ortho intramolecular Hbond substituents is 2. The first-order valence-corrected chi connectivity index (χ1v) is 8.78. The molecule has 0 aliphatic carbocycles. The summed E-state index contributed by atoms with van der Waals surface area (Å²) in [7, 11) is 0. The SMILES string of the molecule is N[C@H](O)[C@@H]1O[C@@](O)(n2ccnc2C(=O)NCC(O)c2ccc(O)c(O)c2)[C@H](O)[C@H]1O. The Labute approximate surface area is 169 Å². The summed E-state index contributed by atoms with van der Waals surface area (Å²) in [5, 5.41) is 71.6. The number of carbonyl (C=O) groups is 1. The predicted molar refractivity (Wildman–Crippen MR) is 96.6 cm³/mol. The molecule has 1 saturated heterocycles. The molecule has 0 radical (unpaired) electrons. The number of ether oxygens (including phenoxy) is 1. The van der Waals surface area contributed by atoms with Gasteiger partial charge in [-0.1, -0.05) is 6.07 Å². The quantitative estimate of drug-likeness (QED) is 0.165. The molecule has 6 atom stereocenters. The molecule has 0 spiro atoms. The number of aliphatic hydroxyl groups is 5. The first kappa shape index (κ1) is 21.9. The number of benzene rings is 1. The molecule has 1 aromatic carbocycles. The van der Waals surface area contributed by atoms with Gasteiger partial charge in [-0.25, -0.2) is 4.98 Å². The average Bonchev–Trinajstić information content (AvgIpc) is 3.28. The number of hydrogen-bond acceptors (Lipinski definition) is 11. The number of aromatic nitrogens is 2. The van der Waals surface area contributed by atoms with E-state index < -0.39 is 54.0 Å². The summed E-state index contributed by atoms with van der Waals surface area (Å²) < 4.78 is 5.86. The van der Waals surface area contributed by atoms with Crippen LogP contribution in [0.25, 0.3) is 0 Å². The minimum Gasteiger partial charge on any atom is -0.504 e. The molecule has 30 heavy (non-hydrogen) atoms. The molecule has 1 amide bonds. The van der Waals surface area contributed by atoms with E-state index in [0.717, 1.165) is 23.0 Å². The number of hydrogen-bond donors (Lipinski definition) is 9. The fourth-order valence-corrected chi connectivity index (χ4v) is 3.08. The Kier molecular flexibility index (Phi) is 5.96. The third-order valence-corrected chi connectivity index (χ3v) is 4.72. The fraction of sp³-hybridized carbons (Fsp3) is 0.412. The Balaban J connectivity index is 1.74. The van der Waals surface area contributed by atoms with Gasteiger partial charge in [0.2, 0.25) is 5.82 Å². The Bertz CT molecular complexity index is 920. The van der Waals surface area contributed by atoms with Crippen LogP contribution in [0.4, 0.5) is 0 Å². The third kappa shape index (κ3) is 3.82. The molecule has 13 heteroatoms. The molecule has 2 aromatic rings. The summed E-state index contributed by atoms with van der Waals surface area (Å²) in [4.78, 5) is 16.3. The second kappa shape index (κ2) is 8.16. The van der Waals surface area contributed by atoms with Crippen molar-refractivity contribution in [2.75, 3.05) is 6.54 Å². The summed E-state index contributed by atoms with van der Waals surface area (Å²) in [6, 6.07) is 3.64. The molecular formula is C17H22N4O9. The Morgan fingerprint density at radius 2 is 2.00 bits per heavy atom. The molecule has 1 aromatic heterocycles. The number of phenols is 2. The molecule has 13 nitrogen and oxygen atoms in total. The van der Waals surface area contributed by atoms with Crippen LogP contribution in [0.3, 0.4) is 0 Å². The molecule has 3 rings (SSSR count). The van der Waals surface area contributed by atoms with Crippen LogP contribution < -0.4 is 11.1 Å². The summed E-state index contributed by atoms with van der Waals surface area (Å²) in [5.41, 5.74) is 5.47. The molecule has 1 unspecified atom stereocenters. The lowest BCUT2D eigenvalue weighted by molar-refractivity contribution is -0.293. The highest BCUT2D eigenvalue weighted by Gasteiger charge is 2.57. The number of nitrogens with one attached hydrogen (secondary N) is 1. The summed E-state index contributed by atoms with van der Waals surface area (Å²) >= 11 is 0. The number of imidazole rings is 1. The summed E-state index contributed by atoms with van der Waals surface area (Å²) in [6.07, 6.45) is -6.00. The Morgan fingerprint density at radius 3 is 2.60 bits per heavy atom. The van der Waals surface area contributed by atoms with Crippen LogP contribution in [0, 0.1) is 0 Å². The van der Waals surface area contributed by atoms with Gasteiger partial charge in [-0.15, -0.1) is 0 Å². The van der Waals surface area contributed by atoms with Gasteiger partial charge in [0.15, 0.2) is 17.6 Å². The first-order chi connectivity index (χ1) is 14.1. The van der Waals surface area contributed by atoms with Gasteiger partial charge in [0.25, 0.3) is 11.8 Å². The first-order valence-electron chi connectivity index (χ1n) is 8.78. The molecule has 2 heterocycles. The van der Waals surface area contributed by atoms with Crippen molar-refractivity contribution in [2.45, 2.75) is 36.6 Å². The zero-order valence-corrected chi connectivity index (χ0v) is 15.4. The van der Waals surface area contributed by atoms with E-state index in [-0.39, 0.29) is 17.9 Å². The van der Waals surface area contributed by atoms with E-state index in [2.05, 4.69) is 10.3 Å². The number of rotatable bonds is 6. The molecule has 1 aliphatic rings. The van der Waals surface area contributed by atoms with Crippen LogP contribution in [-0.4, -0.2) is 82.3 Å². The van der Waals surface area contributed by atoms with Crippen molar-refractivity contribution < 1.29 is 45.3 Å². The highest BCUT2D eigenvalue weighted by Crippen LogP contribution is 2.35. The Morgan fingerprint density at radius 1 is 1.30 bits per heavy atom. The maximum atomic E-state index is 12.5. The number of nitrogens with two attached hydrogens (primary N) is 1. The van der Waals surface area contributed by atoms with Gasteiger partial charge < -0.3 is 51.5 Å². The molecule has 0 bridgehead atoms. The van der Waals surface area contributed by atoms with Crippen LogP contribution >= 0.6 is 0 Å². The molecule has 0 saturated carbocycles. The van der Waals surface area contributed by atoms with Gasteiger partial charge in [0.1, 0.15) is 18.4 Å². The van der Waals surface area contributed by atoms with Crippen molar-refractivity contribution in [1.82, 2.24) is 14.9 Å². The van der Waals surface area contributed by atoms with Crippen LogP contribution in [0.2, 0.25) is 0 Å². The molecule has 164 valence electrons. The third-order valence-electron chi connectivity index (χ3n) is 4.72. The fourth-order valence-electron chi connectivity index (χ4n) is 3.08. The lowest BCUT2D eigenvalue weighted by Crippen LogP contribution is -2.47. The minimum atomic E-state index is -2.64. The topological polar surface area (TPSA) is 224 Å². The average molecular weight is 426 g/mol. The minimum absolute atomic E-state index is 0.213. The standard InChI is InChI=1S/C17H22N4O9/c18-14(27)12-11(25)13(26)17(29,30-12)21-4-3-19-15(21)16(28)20-6-10(24)7-1-2-8(22)9(23)5-7/h1-5,10-14,22-27,29H,6,18H2,(H,20,28)/t10?,11-,12+,13+,14+,17+/m0/s1. The number of aliphatic hydroxyl groups excluding tert-OH is 4. The van der Waals surface area contributed by atoms with Crippen LogP contribution in [0.5, 0.6) is 11.5 Å². The predicted octanol–water partition coefficient (Wildman–Crippen LogP) is -3.24. The maximum absolute atomic E-state index is 12.5. The number of aromatic hydroxyl groups is 2. The number of nitrogens with zero attached hydrogens (tertiary/aromatic N) is 2. The van der Waals surface area contributed by atoms with Gasteiger partial charge in [0.05, 0.1) is 6.10 Å². The molecule has 1 aliphatic heterocycles. The van der Waals surface area contributed by atoms with E-state index in [9.17, 15) is 40.5 Å². The van der Waals surface area contributed by atoms with Gasteiger partial charge in [-0.2, -0.15) is 0 Å². The lowest BCUT2D eigenvalue weighted by Gasteiger charge is -2.28. The van der Waals surface area contributed by atoms with E-state index >= 15 is 0 Å². The lowest BCUT2D eigenvalue weighted by atomic mass is 10.1. The van der Waals surface area contributed by atoms with Gasteiger partial charge >= 0.3 is 0 Å². The van der Waals surface area contributed by atoms with Crippen molar-refractivity contribution in [3.05, 3.63) is 42.0 Å². The number of carbonyl (C=O) groups excluding carboxylic acids is 1. The monoisotopic (exact) mass is 426 g/mol. The smallest absolute Gasteiger partial charge is 0.287 e. The van der Waals surface area contributed by atoms with Crippen LogP contribution in [0.1, 0.15) is 22.3 Å². The van der Waals surface area contributed by atoms with E-state index in [1.807, 2.05) is 0 Å². The van der Waals surface area contributed by atoms with E-state index in [1.54, 1.807) is 0 Å². The van der Waals surface area contributed by atoms with Crippen molar-refractivity contribution in [2.24, 2.45) is 5.73 Å². The van der Waals surface area contributed by atoms with E-state index in [4.69, 9.17) is 10.5 Å². The molecular weight excluding hydrogens is 404 g/mol. The largest absolute Gasteiger partial charge is 0.504 e. The van der Waals surface area contributed by atoms with Gasteiger partial charge in [0, 0.05) is 18.9 Å². The maximum Gasteiger partial charge on any atom is 0.287 e. The van der Waals surface area contributed by atoms with Crippen molar-refractivity contribution in [3.63, 3.8) is 0 Å². The highest BCUT2D eigenvalue weighted by atomic mass is 16.7. The molecule has 10 N–H and O–H groups in total. The van der Waals surface area contributed by atoms with Crippen molar-refractivity contribution in [1.29, 1.82) is 0 Å². The number of amides is 1. The Hall–Kier alpha value is -2.78. The van der Waals surface area contributed by atoms with E-state index in [0.29, 0.717) is 0 Å². The van der Waals surface area contributed by atoms with Crippen molar-refractivity contribution >= 4 is 5.91 Å². The molecule has 1 fully saturated rings. The summed E-state index contributed by atoms with van der Waals surface area (Å²) in [6.45, 7) is -0.329. The van der Waals surface area contributed by atoms with Crippen LogP contribution in [0.15, 0.2) is 30.6 Å². The highest BCUT2D eigenvalue weighted by molar-refractivity contribution is 5.90. The zero-order chi connectivity index (χ0) is 22.2.